The number of imide groups is 1. The zero-order chi connectivity index (χ0) is 27.4. The first-order chi connectivity index (χ1) is 17.8. The largest absolute Gasteiger partial charge is 0.416 e. The summed E-state index contributed by atoms with van der Waals surface area (Å²) in [5.74, 6) is 1.13. The molecule has 5 rings (SSSR count). The van der Waals surface area contributed by atoms with Crippen LogP contribution in [-0.2, 0) is 17.4 Å². The van der Waals surface area contributed by atoms with Gasteiger partial charge in [-0.05, 0) is 89.2 Å². The van der Waals surface area contributed by atoms with E-state index >= 15 is 0 Å². The topological polar surface area (TPSA) is 66.1 Å². The second-order valence-corrected chi connectivity index (χ2v) is 12.3. The lowest BCUT2D eigenvalue weighted by molar-refractivity contribution is -0.138. The van der Waals surface area contributed by atoms with Crippen LogP contribution in [0.25, 0.3) is 16.5 Å². The molecule has 1 aliphatic carbocycles. The quantitative estimate of drug-likeness (QED) is 0.322. The minimum atomic E-state index is -4.63. The first kappa shape index (κ1) is 26.8. The highest BCUT2D eigenvalue weighted by Crippen LogP contribution is 2.49. The van der Waals surface area contributed by atoms with Crippen molar-refractivity contribution in [2.75, 3.05) is 6.54 Å². The van der Waals surface area contributed by atoms with Crippen molar-refractivity contribution < 1.29 is 22.8 Å². The predicted octanol–water partition coefficient (Wildman–Crippen LogP) is 7.91. The average molecular weight is 561 g/mol. The molecule has 2 fully saturated rings. The second kappa shape index (κ2) is 9.75. The number of halogens is 4. The molecule has 0 atom stereocenters. The lowest BCUT2D eigenvalue weighted by atomic mass is 9.63. The van der Waals surface area contributed by atoms with Crippen molar-refractivity contribution in [3.63, 3.8) is 0 Å². The Kier molecular flexibility index (Phi) is 6.88. The van der Waals surface area contributed by atoms with Crippen molar-refractivity contribution in [3.05, 3.63) is 75.1 Å². The van der Waals surface area contributed by atoms with Crippen molar-refractivity contribution in [2.45, 2.75) is 46.2 Å². The number of H-pyrrole nitrogens is 1. The number of carbonyl (C=O) groups is 2. The van der Waals surface area contributed by atoms with Crippen molar-refractivity contribution in [1.82, 2.24) is 15.1 Å². The lowest BCUT2D eigenvalue weighted by Gasteiger charge is -2.44. The second-order valence-electron chi connectivity index (χ2n) is 10.9. The molecular weight excluding hydrogens is 535 g/mol. The van der Waals surface area contributed by atoms with Crippen LogP contribution >= 0.6 is 23.4 Å². The minimum absolute atomic E-state index is 0.0283. The number of thioether (sulfide) groups is 1. The summed E-state index contributed by atoms with van der Waals surface area (Å²) in [5, 5.41) is 7.16. The maximum absolute atomic E-state index is 13.9. The maximum Gasteiger partial charge on any atom is 0.416 e. The Morgan fingerprint density at radius 1 is 1.13 bits per heavy atom. The zero-order valence-corrected chi connectivity index (χ0v) is 22.7. The van der Waals surface area contributed by atoms with Crippen LogP contribution in [0.15, 0.2) is 47.5 Å². The summed E-state index contributed by atoms with van der Waals surface area (Å²) in [5.41, 5.74) is 0.856. The number of nitrogens with zero attached hydrogens (tertiary/aromatic N) is 2. The molecule has 1 saturated carbocycles. The highest BCUT2D eigenvalue weighted by Gasteiger charge is 2.44. The smallest absolute Gasteiger partial charge is 0.278 e. The number of alkyl halides is 3. The Morgan fingerprint density at radius 3 is 2.55 bits per heavy atom. The Morgan fingerprint density at radius 2 is 1.87 bits per heavy atom. The van der Waals surface area contributed by atoms with E-state index in [1.165, 1.54) is 23.0 Å². The Balaban J connectivity index is 1.53. The van der Waals surface area contributed by atoms with Crippen LogP contribution in [0.4, 0.5) is 18.0 Å². The predicted molar refractivity (Wildman–Crippen MR) is 143 cm³/mol. The number of benzene rings is 2. The van der Waals surface area contributed by atoms with Crippen LogP contribution < -0.4 is 0 Å². The van der Waals surface area contributed by atoms with Crippen molar-refractivity contribution in [1.29, 1.82) is 0 Å². The molecule has 199 valence electrons. The summed E-state index contributed by atoms with van der Waals surface area (Å²) < 4.78 is 41.7. The summed E-state index contributed by atoms with van der Waals surface area (Å²) in [7, 11) is 0. The van der Waals surface area contributed by atoms with Crippen molar-refractivity contribution >= 4 is 51.0 Å². The van der Waals surface area contributed by atoms with E-state index < -0.39 is 22.9 Å². The van der Waals surface area contributed by atoms with Gasteiger partial charge in [-0.3, -0.25) is 19.6 Å². The highest BCUT2D eigenvalue weighted by atomic mass is 35.5. The fourth-order valence-corrected chi connectivity index (χ4v) is 6.10. The van der Waals surface area contributed by atoms with Gasteiger partial charge in [0.05, 0.1) is 22.2 Å². The van der Waals surface area contributed by atoms with E-state index in [4.69, 9.17) is 11.6 Å². The van der Waals surface area contributed by atoms with Gasteiger partial charge in [0.15, 0.2) is 0 Å². The SMILES string of the molecule is CC(C)(C)[C]1CC(CN2C(=O)S/C(=C(\Cc3ccc(Cl)cc3C(F)(F)F)c3ccc4[nH]ncc4c3)C2=O)C1. The molecule has 0 unspecified atom stereocenters. The molecule has 5 nitrogen and oxygen atoms in total. The number of hydrogen-bond donors (Lipinski definition) is 1. The van der Waals surface area contributed by atoms with Gasteiger partial charge >= 0.3 is 6.18 Å². The average Bonchev–Trinajstić information content (AvgIpc) is 3.37. The number of fused-ring (bicyclic) bond motifs is 1. The van der Waals surface area contributed by atoms with Crippen LogP contribution in [0.1, 0.15) is 50.3 Å². The molecule has 1 aromatic heterocycles. The number of amides is 2. The molecule has 1 aliphatic heterocycles. The molecule has 1 radical (unpaired) electrons. The molecule has 2 heterocycles. The van der Waals surface area contributed by atoms with E-state index in [0.29, 0.717) is 17.7 Å². The number of allylic oxidation sites excluding steroid dienone is 1. The maximum atomic E-state index is 13.9. The molecule has 10 heteroatoms. The van der Waals surface area contributed by atoms with Gasteiger partial charge in [0.1, 0.15) is 0 Å². The summed E-state index contributed by atoms with van der Waals surface area (Å²) in [6.45, 7) is 6.75. The van der Waals surface area contributed by atoms with Gasteiger partial charge in [0, 0.05) is 17.0 Å². The summed E-state index contributed by atoms with van der Waals surface area (Å²) in [6, 6.07) is 8.86. The molecule has 0 spiro atoms. The highest BCUT2D eigenvalue weighted by molar-refractivity contribution is 8.18. The molecule has 1 saturated heterocycles. The third kappa shape index (κ3) is 5.23. The normalized spacial score (nSPS) is 19.0. The monoisotopic (exact) mass is 560 g/mol. The standard InChI is InChI=1S/C28H26ClF3N3O2S/c1-27(2,3)19-8-15(9-19)14-35-25(36)24(38-26(35)37)21(16-5-7-23-18(10-16)13-33-34-23)11-17-4-6-20(29)12-22(17)28(30,31)32/h4-7,10,12-13,15H,8-9,11,14H2,1-3H3,(H,33,34)/b24-21+. The van der Waals surface area contributed by atoms with Gasteiger partial charge in [-0.2, -0.15) is 18.3 Å². The molecular formula is C28H26ClF3N3O2S. The molecule has 1 N–H and O–H groups in total. The third-order valence-electron chi connectivity index (χ3n) is 7.23. The fourth-order valence-electron chi connectivity index (χ4n) is 4.98. The lowest BCUT2D eigenvalue weighted by Crippen LogP contribution is -2.41. The van der Waals surface area contributed by atoms with Gasteiger partial charge in [0.2, 0.25) is 0 Å². The number of hydrogen-bond acceptors (Lipinski definition) is 4. The van der Waals surface area contributed by atoms with Gasteiger partial charge < -0.3 is 0 Å². The van der Waals surface area contributed by atoms with Gasteiger partial charge in [-0.1, -0.05) is 44.5 Å². The Hall–Kier alpha value is -2.78. The first-order valence-electron chi connectivity index (χ1n) is 12.2. The number of rotatable bonds is 5. The van der Waals surface area contributed by atoms with E-state index in [1.807, 2.05) is 0 Å². The van der Waals surface area contributed by atoms with Gasteiger partial charge in [-0.25, -0.2) is 0 Å². The number of nitrogens with one attached hydrogen (secondary N) is 1. The Bertz CT molecular complexity index is 1450. The van der Waals surface area contributed by atoms with Crippen LogP contribution in [-0.4, -0.2) is 32.8 Å². The molecule has 3 aromatic rings. The van der Waals surface area contributed by atoms with E-state index in [2.05, 4.69) is 31.0 Å². The van der Waals surface area contributed by atoms with Gasteiger partial charge in [-0.15, -0.1) is 0 Å². The minimum Gasteiger partial charge on any atom is -0.278 e. The fraction of sp³-hybridized carbons (Fsp3) is 0.357. The summed E-state index contributed by atoms with van der Waals surface area (Å²) in [4.78, 5) is 28.0. The van der Waals surface area contributed by atoms with E-state index in [-0.39, 0.29) is 33.2 Å². The van der Waals surface area contributed by atoms with Crippen LogP contribution in [0.2, 0.25) is 5.02 Å². The third-order valence-corrected chi connectivity index (χ3v) is 8.48. The van der Waals surface area contributed by atoms with Crippen LogP contribution in [0.5, 0.6) is 0 Å². The number of aromatic nitrogens is 2. The Labute approximate surface area is 227 Å². The first-order valence-corrected chi connectivity index (χ1v) is 13.4. The summed E-state index contributed by atoms with van der Waals surface area (Å²) >= 11 is 6.68. The molecule has 2 aliphatic rings. The van der Waals surface area contributed by atoms with E-state index in [9.17, 15) is 22.8 Å². The zero-order valence-electron chi connectivity index (χ0n) is 21.1. The molecule has 38 heavy (non-hydrogen) atoms. The van der Waals surface area contributed by atoms with Crippen LogP contribution in [0.3, 0.4) is 0 Å². The number of aromatic amines is 1. The van der Waals surface area contributed by atoms with Crippen molar-refractivity contribution in [2.24, 2.45) is 11.3 Å². The van der Waals surface area contributed by atoms with E-state index in [0.717, 1.165) is 41.6 Å². The van der Waals surface area contributed by atoms with Gasteiger partial charge in [0.25, 0.3) is 11.1 Å². The van der Waals surface area contributed by atoms with Crippen molar-refractivity contribution in [3.8, 4) is 0 Å². The number of carbonyl (C=O) groups excluding carboxylic acids is 2. The van der Waals surface area contributed by atoms with Crippen LogP contribution in [0, 0.1) is 17.3 Å². The molecule has 0 bridgehead atoms. The summed E-state index contributed by atoms with van der Waals surface area (Å²) in [6.07, 6.45) is -1.52. The molecule has 2 amide bonds. The molecule has 2 aromatic carbocycles. The van der Waals surface area contributed by atoms with E-state index in [1.54, 1.807) is 24.4 Å².